The van der Waals surface area contributed by atoms with Gasteiger partial charge in [-0.05, 0) is 31.4 Å². The second-order valence-corrected chi connectivity index (χ2v) is 4.75. The molecule has 4 nitrogen and oxygen atoms in total. The summed E-state index contributed by atoms with van der Waals surface area (Å²) >= 11 is 0. The van der Waals surface area contributed by atoms with Gasteiger partial charge in [-0.2, -0.15) is 0 Å². The maximum absolute atomic E-state index is 13.7. The van der Waals surface area contributed by atoms with E-state index in [1.54, 1.807) is 7.11 Å². The number of benzene rings is 1. The first-order valence-corrected chi connectivity index (χ1v) is 6.06. The van der Waals surface area contributed by atoms with Crippen molar-refractivity contribution in [2.75, 3.05) is 19.4 Å². The van der Waals surface area contributed by atoms with Crippen LogP contribution in [0.5, 0.6) is 0 Å². The Morgan fingerprint density at radius 2 is 2.16 bits per heavy atom. The lowest BCUT2D eigenvalue weighted by Gasteiger charge is -2.40. The van der Waals surface area contributed by atoms with Gasteiger partial charge in [-0.25, -0.2) is 8.78 Å². The minimum atomic E-state index is -1.03. The summed E-state index contributed by atoms with van der Waals surface area (Å²) in [6, 6.07) is 2.06. The molecule has 1 saturated carbocycles. The monoisotopic (exact) mass is 270 g/mol. The summed E-state index contributed by atoms with van der Waals surface area (Å²) in [4.78, 5) is 11.8. The molecule has 0 unspecified atom stereocenters. The van der Waals surface area contributed by atoms with Crippen LogP contribution >= 0.6 is 0 Å². The molecule has 6 heteroatoms. The van der Waals surface area contributed by atoms with E-state index in [0.717, 1.165) is 31.4 Å². The van der Waals surface area contributed by atoms with Gasteiger partial charge >= 0.3 is 0 Å². The van der Waals surface area contributed by atoms with Crippen LogP contribution in [0.4, 0.5) is 14.5 Å². The van der Waals surface area contributed by atoms with Gasteiger partial charge < -0.3 is 15.8 Å². The summed E-state index contributed by atoms with van der Waals surface area (Å²) in [5, 5.41) is 2.50. The minimum absolute atomic E-state index is 0.232. The number of ether oxygens (including phenoxy) is 1. The molecule has 0 bridgehead atoms. The van der Waals surface area contributed by atoms with Gasteiger partial charge in [0.25, 0.3) is 5.91 Å². The third kappa shape index (κ3) is 2.53. The molecule has 1 aromatic rings. The van der Waals surface area contributed by atoms with Gasteiger partial charge in [0.1, 0.15) is 11.4 Å². The lowest BCUT2D eigenvalue weighted by molar-refractivity contribution is -0.0679. The molecular formula is C13H16F2N2O2. The second kappa shape index (κ2) is 5.13. The standard InChI is InChI=1S/C13H16F2N2O2/c1-19-13(5-2-6-13)7-17-12(18)10-8(14)3-4-9(16)11(10)15/h3-4H,2,5-7,16H2,1H3,(H,17,18). The summed E-state index contributed by atoms with van der Waals surface area (Å²) in [5.41, 5.74) is 4.03. The summed E-state index contributed by atoms with van der Waals surface area (Å²) in [6.45, 7) is 0.232. The molecule has 3 N–H and O–H groups in total. The van der Waals surface area contributed by atoms with Crippen molar-refractivity contribution in [2.24, 2.45) is 0 Å². The third-order valence-corrected chi connectivity index (χ3v) is 3.62. The summed E-state index contributed by atoms with van der Waals surface area (Å²) < 4.78 is 32.5. The number of carbonyl (C=O) groups is 1. The van der Waals surface area contributed by atoms with E-state index in [1.807, 2.05) is 0 Å². The van der Waals surface area contributed by atoms with Crippen LogP contribution < -0.4 is 11.1 Å². The van der Waals surface area contributed by atoms with E-state index < -0.39 is 28.7 Å². The molecule has 1 aliphatic carbocycles. The van der Waals surface area contributed by atoms with Crippen molar-refractivity contribution in [3.05, 3.63) is 29.3 Å². The Balaban J connectivity index is 2.10. The SMILES string of the molecule is COC1(CNC(=O)c2c(F)ccc(N)c2F)CCC1. The first-order chi connectivity index (χ1) is 8.99. The zero-order chi connectivity index (χ0) is 14.0. The number of halogens is 2. The number of amides is 1. The number of nitrogens with two attached hydrogens (primary N) is 1. The quantitative estimate of drug-likeness (QED) is 0.821. The fourth-order valence-corrected chi connectivity index (χ4v) is 2.13. The maximum atomic E-state index is 13.7. The molecule has 0 spiro atoms. The van der Waals surface area contributed by atoms with Crippen molar-refractivity contribution in [3.63, 3.8) is 0 Å². The highest BCUT2D eigenvalue weighted by Crippen LogP contribution is 2.34. The van der Waals surface area contributed by atoms with Crippen LogP contribution in [0.2, 0.25) is 0 Å². The van der Waals surface area contributed by atoms with Crippen molar-refractivity contribution in [3.8, 4) is 0 Å². The van der Waals surface area contributed by atoms with Gasteiger partial charge in [0, 0.05) is 13.7 Å². The molecule has 104 valence electrons. The average molecular weight is 270 g/mol. The maximum Gasteiger partial charge on any atom is 0.257 e. The van der Waals surface area contributed by atoms with E-state index in [4.69, 9.17) is 10.5 Å². The van der Waals surface area contributed by atoms with E-state index >= 15 is 0 Å². The number of anilines is 1. The largest absolute Gasteiger partial charge is 0.396 e. The Morgan fingerprint density at radius 1 is 1.47 bits per heavy atom. The van der Waals surface area contributed by atoms with Crippen LogP contribution in [0.3, 0.4) is 0 Å². The highest BCUT2D eigenvalue weighted by molar-refractivity contribution is 5.95. The zero-order valence-corrected chi connectivity index (χ0v) is 10.6. The number of hydrogen-bond donors (Lipinski definition) is 2. The van der Waals surface area contributed by atoms with Gasteiger partial charge in [0.05, 0.1) is 11.3 Å². The molecule has 0 atom stereocenters. The number of rotatable bonds is 4. The van der Waals surface area contributed by atoms with Gasteiger partial charge in [-0.1, -0.05) is 0 Å². The molecule has 1 amide bonds. The Morgan fingerprint density at radius 3 is 2.68 bits per heavy atom. The molecule has 0 heterocycles. The third-order valence-electron chi connectivity index (χ3n) is 3.62. The van der Waals surface area contributed by atoms with E-state index in [9.17, 15) is 13.6 Å². The average Bonchev–Trinajstić information content (AvgIpc) is 2.34. The van der Waals surface area contributed by atoms with E-state index in [-0.39, 0.29) is 12.2 Å². The molecule has 1 aliphatic rings. The van der Waals surface area contributed by atoms with Crippen molar-refractivity contribution >= 4 is 11.6 Å². The van der Waals surface area contributed by atoms with Crippen LogP contribution in [0.15, 0.2) is 12.1 Å². The summed E-state index contributed by atoms with van der Waals surface area (Å²) in [7, 11) is 1.56. The Labute approximate surface area is 109 Å². The van der Waals surface area contributed by atoms with Gasteiger partial charge in [-0.3, -0.25) is 4.79 Å². The molecule has 0 radical (unpaired) electrons. The number of nitrogens with one attached hydrogen (secondary N) is 1. The van der Waals surface area contributed by atoms with Crippen molar-refractivity contribution in [1.82, 2.24) is 5.32 Å². The number of nitrogen functional groups attached to an aromatic ring is 1. The van der Waals surface area contributed by atoms with Crippen LogP contribution in [-0.2, 0) is 4.74 Å². The summed E-state index contributed by atoms with van der Waals surface area (Å²) in [6.07, 6.45) is 2.67. The highest BCUT2D eigenvalue weighted by atomic mass is 19.1. The predicted molar refractivity (Wildman–Crippen MR) is 66.7 cm³/mol. The molecule has 0 saturated heterocycles. The van der Waals surface area contributed by atoms with Gasteiger partial charge in [0.15, 0.2) is 5.82 Å². The number of carbonyl (C=O) groups excluding carboxylic acids is 1. The second-order valence-electron chi connectivity index (χ2n) is 4.75. The van der Waals surface area contributed by atoms with Crippen molar-refractivity contribution < 1.29 is 18.3 Å². The molecule has 0 aromatic heterocycles. The molecule has 19 heavy (non-hydrogen) atoms. The normalized spacial score (nSPS) is 16.8. The fourth-order valence-electron chi connectivity index (χ4n) is 2.13. The van der Waals surface area contributed by atoms with Crippen LogP contribution in [0.1, 0.15) is 29.6 Å². The molecule has 1 aromatic carbocycles. The zero-order valence-electron chi connectivity index (χ0n) is 10.6. The fraction of sp³-hybridized carbons (Fsp3) is 0.462. The first kappa shape index (κ1) is 13.7. The van der Waals surface area contributed by atoms with E-state index in [0.29, 0.717) is 0 Å². The molecule has 0 aliphatic heterocycles. The van der Waals surface area contributed by atoms with Crippen molar-refractivity contribution in [1.29, 1.82) is 0 Å². The van der Waals surface area contributed by atoms with Gasteiger partial charge in [0.2, 0.25) is 0 Å². The molecule has 1 fully saturated rings. The van der Waals surface area contributed by atoms with E-state index in [2.05, 4.69) is 5.32 Å². The number of methoxy groups -OCH3 is 1. The molecule has 2 rings (SSSR count). The first-order valence-electron chi connectivity index (χ1n) is 6.06. The van der Waals surface area contributed by atoms with E-state index in [1.165, 1.54) is 0 Å². The Bertz CT molecular complexity index is 496. The lowest BCUT2D eigenvalue weighted by Crippen LogP contribution is -2.49. The summed E-state index contributed by atoms with van der Waals surface area (Å²) in [5.74, 6) is -2.77. The highest BCUT2D eigenvalue weighted by Gasteiger charge is 2.37. The van der Waals surface area contributed by atoms with Crippen LogP contribution in [0, 0.1) is 11.6 Å². The lowest BCUT2D eigenvalue weighted by atomic mass is 9.80. The Kier molecular flexibility index (Phi) is 3.71. The topological polar surface area (TPSA) is 64.3 Å². The van der Waals surface area contributed by atoms with Crippen molar-refractivity contribution in [2.45, 2.75) is 24.9 Å². The Hall–Kier alpha value is -1.69. The smallest absolute Gasteiger partial charge is 0.257 e. The van der Waals surface area contributed by atoms with Crippen LogP contribution in [-0.4, -0.2) is 25.2 Å². The van der Waals surface area contributed by atoms with Gasteiger partial charge in [-0.15, -0.1) is 0 Å². The predicted octanol–water partition coefficient (Wildman–Crippen LogP) is 1.85. The number of hydrogen-bond acceptors (Lipinski definition) is 3. The van der Waals surface area contributed by atoms with Crippen LogP contribution in [0.25, 0.3) is 0 Å². The minimum Gasteiger partial charge on any atom is -0.396 e. The molecular weight excluding hydrogens is 254 g/mol.